The van der Waals surface area contributed by atoms with Crippen LogP contribution in [0.2, 0.25) is 0 Å². The fraction of sp³-hybridized carbons (Fsp3) is 0.353. The molecule has 0 atom stereocenters. The van der Waals surface area contributed by atoms with Gasteiger partial charge in [-0.25, -0.2) is 4.98 Å². The maximum absolute atomic E-state index is 12.2. The third-order valence-corrected chi connectivity index (χ3v) is 3.90. The number of hydrogen-bond donors (Lipinski definition) is 1. The van der Waals surface area contributed by atoms with Gasteiger partial charge in [-0.2, -0.15) is 0 Å². The van der Waals surface area contributed by atoms with E-state index >= 15 is 0 Å². The number of nitrogens with one attached hydrogen (secondary N) is 1. The number of anilines is 1. The first-order chi connectivity index (χ1) is 11.0. The van der Waals surface area contributed by atoms with Crippen molar-refractivity contribution in [2.45, 2.75) is 33.2 Å². The lowest BCUT2D eigenvalue weighted by atomic mass is 10.2. The van der Waals surface area contributed by atoms with E-state index in [2.05, 4.69) is 10.3 Å². The van der Waals surface area contributed by atoms with Crippen molar-refractivity contribution in [1.82, 2.24) is 10.3 Å². The number of carbonyl (C=O) groups excluding carboxylic acids is 2. The first-order valence-corrected chi connectivity index (χ1v) is 7.65. The van der Waals surface area contributed by atoms with Crippen molar-refractivity contribution in [2.75, 3.05) is 11.4 Å². The molecule has 3 heterocycles. The van der Waals surface area contributed by atoms with Gasteiger partial charge in [0.25, 0.3) is 5.91 Å². The highest BCUT2D eigenvalue weighted by Crippen LogP contribution is 2.20. The summed E-state index contributed by atoms with van der Waals surface area (Å²) in [5.74, 6) is 1.90. The Morgan fingerprint density at radius 1 is 1.39 bits per heavy atom. The molecule has 2 amide bonds. The van der Waals surface area contributed by atoms with Crippen molar-refractivity contribution >= 4 is 17.6 Å². The van der Waals surface area contributed by atoms with E-state index in [0.717, 1.165) is 12.0 Å². The van der Waals surface area contributed by atoms with E-state index in [1.165, 1.54) is 0 Å². The van der Waals surface area contributed by atoms with Crippen LogP contribution in [0.5, 0.6) is 0 Å². The van der Waals surface area contributed by atoms with Crippen LogP contribution in [0.15, 0.2) is 28.8 Å². The zero-order valence-electron chi connectivity index (χ0n) is 13.3. The van der Waals surface area contributed by atoms with Gasteiger partial charge in [-0.05, 0) is 44.0 Å². The molecule has 0 aliphatic carbocycles. The van der Waals surface area contributed by atoms with Crippen LogP contribution in [-0.4, -0.2) is 23.3 Å². The number of hydrogen-bond acceptors (Lipinski definition) is 4. The summed E-state index contributed by atoms with van der Waals surface area (Å²) >= 11 is 0. The van der Waals surface area contributed by atoms with Crippen LogP contribution in [0, 0.1) is 13.8 Å². The van der Waals surface area contributed by atoms with Crippen molar-refractivity contribution in [3.8, 4) is 0 Å². The molecular formula is C17H19N3O3. The van der Waals surface area contributed by atoms with E-state index in [0.29, 0.717) is 42.4 Å². The van der Waals surface area contributed by atoms with Crippen LogP contribution in [-0.2, 0) is 11.3 Å². The van der Waals surface area contributed by atoms with Gasteiger partial charge < -0.3 is 9.73 Å². The van der Waals surface area contributed by atoms with Crippen LogP contribution < -0.4 is 10.2 Å². The molecule has 1 aliphatic rings. The SMILES string of the molecule is Cc1cc(C(=O)NCc2ccnc(N3CCCC3=O)c2)c(C)o1. The largest absolute Gasteiger partial charge is 0.466 e. The van der Waals surface area contributed by atoms with Crippen molar-refractivity contribution in [1.29, 1.82) is 0 Å². The third-order valence-electron chi connectivity index (χ3n) is 3.90. The Hall–Kier alpha value is -2.63. The molecular weight excluding hydrogens is 294 g/mol. The van der Waals surface area contributed by atoms with Gasteiger partial charge in [0.1, 0.15) is 17.3 Å². The van der Waals surface area contributed by atoms with Gasteiger partial charge in [0.2, 0.25) is 5.91 Å². The number of nitrogens with zero attached hydrogens (tertiary/aromatic N) is 2. The molecule has 2 aromatic rings. The molecule has 0 spiro atoms. The minimum Gasteiger partial charge on any atom is -0.466 e. The zero-order chi connectivity index (χ0) is 16.4. The molecule has 6 heteroatoms. The number of rotatable bonds is 4. The Morgan fingerprint density at radius 3 is 2.87 bits per heavy atom. The number of aromatic nitrogens is 1. The predicted molar refractivity (Wildman–Crippen MR) is 85.2 cm³/mol. The minimum atomic E-state index is -0.171. The highest BCUT2D eigenvalue weighted by Gasteiger charge is 2.22. The molecule has 0 aromatic carbocycles. The molecule has 1 aliphatic heterocycles. The van der Waals surface area contributed by atoms with Crippen LogP contribution >= 0.6 is 0 Å². The monoisotopic (exact) mass is 313 g/mol. The van der Waals surface area contributed by atoms with E-state index in [1.807, 2.05) is 19.1 Å². The van der Waals surface area contributed by atoms with Gasteiger partial charge in [0, 0.05) is 25.7 Å². The van der Waals surface area contributed by atoms with E-state index in [-0.39, 0.29) is 11.8 Å². The van der Waals surface area contributed by atoms with Gasteiger partial charge in [0.15, 0.2) is 0 Å². The van der Waals surface area contributed by atoms with Crippen molar-refractivity contribution < 1.29 is 14.0 Å². The summed E-state index contributed by atoms with van der Waals surface area (Å²) in [7, 11) is 0. The smallest absolute Gasteiger partial charge is 0.255 e. The molecule has 0 bridgehead atoms. The molecule has 2 aromatic heterocycles. The average molecular weight is 313 g/mol. The summed E-state index contributed by atoms with van der Waals surface area (Å²) in [6.07, 6.45) is 3.10. The summed E-state index contributed by atoms with van der Waals surface area (Å²) in [6, 6.07) is 5.40. The normalized spacial score (nSPS) is 14.3. The second kappa shape index (κ2) is 6.24. The zero-order valence-corrected chi connectivity index (χ0v) is 13.3. The van der Waals surface area contributed by atoms with E-state index < -0.39 is 0 Å². The second-order valence-electron chi connectivity index (χ2n) is 5.68. The first kappa shape index (κ1) is 15.3. The first-order valence-electron chi connectivity index (χ1n) is 7.65. The maximum atomic E-state index is 12.2. The lowest BCUT2D eigenvalue weighted by Crippen LogP contribution is -2.26. The molecule has 23 heavy (non-hydrogen) atoms. The number of pyridine rings is 1. The molecule has 1 saturated heterocycles. The minimum absolute atomic E-state index is 0.100. The van der Waals surface area contributed by atoms with Gasteiger partial charge in [-0.3, -0.25) is 14.5 Å². The fourth-order valence-electron chi connectivity index (χ4n) is 2.74. The lowest BCUT2D eigenvalue weighted by Gasteiger charge is -2.15. The maximum Gasteiger partial charge on any atom is 0.255 e. The topological polar surface area (TPSA) is 75.4 Å². The summed E-state index contributed by atoms with van der Waals surface area (Å²) in [5, 5.41) is 2.87. The van der Waals surface area contributed by atoms with Crippen LogP contribution in [0.25, 0.3) is 0 Å². The Balaban J connectivity index is 1.68. The Kier molecular flexibility index (Phi) is 4.14. The molecule has 3 rings (SSSR count). The summed E-state index contributed by atoms with van der Waals surface area (Å²) in [6.45, 7) is 4.66. The predicted octanol–water partition coefficient (Wildman–Crippen LogP) is 2.35. The summed E-state index contributed by atoms with van der Waals surface area (Å²) in [5.41, 5.74) is 1.45. The van der Waals surface area contributed by atoms with Crippen molar-refractivity contribution in [3.05, 3.63) is 47.0 Å². The molecule has 0 unspecified atom stereocenters. The highest BCUT2D eigenvalue weighted by molar-refractivity contribution is 5.95. The molecule has 0 saturated carbocycles. The molecule has 6 nitrogen and oxygen atoms in total. The van der Waals surface area contributed by atoms with Crippen LogP contribution in [0.1, 0.15) is 40.3 Å². The standard InChI is InChI=1S/C17H19N3O3/c1-11-8-14(12(2)23-11)17(22)19-10-13-5-6-18-15(9-13)20-7-3-4-16(20)21/h5-6,8-9H,3-4,7,10H2,1-2H3,(H,19,22). The average Bonchev–Trinajstić information content (AvgIpc) is 3.10. The van der Waals surface area contributed by atoms with E-state index in [4.69, 9.17) is 4.42 Å². The summed E-state index contributed by atoms with van der Waals surface area (Å²) < 4.78 is 5.37. The van der Waals surface area contributed by atoms with Gasteiger partial charge >= 0.3 is 0 Å². The number of carbonyl (C=O) groups is 2. The highest BCUT2D eigenvalue weighted by atomic mass is 16.3. The third kappa shape index (κ3) is 3.26. The van der Waals surface area contributed by atoms with Gasteiger partial charge in [0.05, 0.1) is 5.56 Å². The quantitative estimate of drug-likeness (QED) is 0.940. The van der Waals surface area contributed by atoms with Crippen molar-refractivity contribution in [3.63, 3.8) is 0 Å². The van der Waals surface area contributed by atoms with Gasteiger partial charge in [-0.15, -0.1) is 0 Å². The van der Waals surface area contributed by atoms with Gasteiger partial charge in [-0.1, -0.05) is 0 Å². The number of furan rings is 1. The number of amides is 2. The molecule has 0 radical (unpaired) electrons. The fourth-order valence-corrected chi connectivity index (χ4v) is 2.74. The number of aryl methyl sites for hydroxylation is 2. The summed E-state index contributed by atoms with van der Waals surface area (Å²) in [4.78, 5) is 29.9. The van der Waals surface area contributed by atoms with Crippen LogP contribution in [0.4, 0.5) is 5.82 Å². The Bertz CT molecular complexity index is 751. The second-order valence-corrected chi connectivity index (χ2v) is 5.68. The molecule has 120 valence electrons. The van der Waals surface area contributed by atoms with E-state index in [9.17, 15) is 9.59 Å². The van der Waals surface area contributed by atoms with Crippen molar-refractivity contribution in [2.24, 2.45) is 0 Å². The lowest BCUT2D eigenvalue weighted by molar-refractivity contribution is -0.117. The Labute approximate surface area is 134 Å². The van der Waals surface area contributed by atoms with Crippen LogP contribution in [0.3, 0.4) is 0 Å². The Morgan fingerprint density at radius 2 is 2.22 bits per heavy atom. The molecule has 1 fully saturated rings. The molecule has 1 N–H and O–H groups in total. The van der Waals surface area contributed by atoms with E-state index in [1.54, 1.807) is 24.1 Å².